The number of H-pyrrole nitrogens is 1. The molecule has 0 bridgehead atoms. The summed E-state index contributed by atoms with van der Waals surface area (Å²) < 4.78 is 0. The summed E-state index contributed by atoms with van der Waals surface area (Å²) in [5.41, 5.74) is 4.61. The predicted molar refractivity (Wildman–Crippen MR) is 113 cm³/mol. The van der Waals surface area contributed by atoms with Crippen LogP contribution in [-0.4, -0.2) is 31.9 Å². The van der Waals surface area contributed by atoms with E-state index in [1.54, 1.807) is 12.4 Å². The quantitative estimate of drug-likeness (QED) is 0.551. The van der Waals surface area contributed by atoms with Gasteiger partial charge >= 0.3 is 0 Å². The monoisotopic (exact) mass is 383 g/mol. The van der Waals surface area contributed by atoms with E-state index in [1.807, 2.05) is 48.8 Å². The Morgan fingerprint density at radius 2 is 1.38 bits per heavy atom. The van der Waals surface area contributed by atoms with E-state index in [1.165, 1.54) is 17.2 Å². The van der Waals surface area contributed by atoms with Crippen molar-refractivity contribution in [1.29, 1.82) is 0 Å². The molecule has 0 radical (unpaired) electrons. The zero-order chi connectivity index (χ0) is 20.1. The third-order valence-corrected chi connectivity index (χ3v) is 4.60. The molecule has 6 nitrogen and oxygen atoms in total. The molecule has 0 aliphatic rings. The molecule has 1 aromatic carbocycles. The van der Waals surface area contributed by atoms with Crippen molar-refractivity contribution >= 4 is 0 Å². The van der Waals surface area contributed by atoms with Crippen molar-refractivity contribution in [3.63, 3.8) is 0 Å². The fourth-order valence-corrected chi connectivity index (χ4v) is 3.20. The van der Waals surface area contributed by atoms with E-state index in [0.717, 1.165) is 24.2 Å². The van der Waals surface area contributed by atoms with Crippen molar-refractivity contribution in [1.82, 2.24) is 24.8 Å². The number of hydrogen-bond acceptors (Lipinski definition) is 5. The first kappa shape index (κ1) is 18.7. The largest absolute Gasteiger partial charge is 0.306 e. The molecule has 4 rings (SSSR count). The minimum atomic E-state index is -0.178. The average molecular weight is 383 g/mol. The van der Waals surface area contributed by atoms with Crippen molar-refractivity contribution in [3.8, 4) is 22.6 Å². The van der Waals surface area contributed by atoms with Crippen molar-refractivity contribution in [3.05, 3.63) is 101 Å². The summed E-state index contributed by atoms with van der Waals surface area (Å²) in [7, 11) is 2.09. The highest BCUT2D eigenvalue weighted by Gasteiger charge is 2.07. The smallest absolute Gasteiger partial charge is 0.251 e. The lowest BCUT2D eigenvalue weighted by Gasteiger charge is -2.17. The van der Waals surface area contributed by atoms with Crippen LogP contribution in [0.25, 0.3) is 22.6 Å². The van der Waals surface area contributed by atoms with Crippen LogP contribution in [0.3, 0.4) is 0 Å². The molecule has 0 aliphatic heterocycles. The molecule has 3 aromatic heterocycles. The molecule has 0 fully saturated rings. The molecule has 4 aromatic rings. The van der Waals surface area contributed by atoms with Crippen LogP contribution in [0, 0.1) is 0 Å². The highest BCUT2D eigenvalue weighted by atomic mass is 16.1. The minimum Gasteiger partial charge on any atom is -0.306 e. The maximum Gasteiger partial charge on any atom is 0.251 e. The number of pyridine rings is 2. The van der Waals surface area contributed by atoms with Crippen LogP contribution >= 0.6 is 0 Å². The zero-order valence-electron chi connectivity index (χ0n) is 16.1. The second-order valence-electron chi connectivity index (χ2n) is 6.94. The molecular formula is C23H21N5O. The molecule has 0 aliphatic carbocycles. The van der Waals surface area contributed by atoms with Crippen molar-refractivity contribution in [2.45, 2.75) is 13.1 Å². The van der Waals surface area contributed by atoms with Gasteiger partial charge in [0.05, 0.1) is 5.69 Å². The second kappa shape index (κ2) is 8.58. The highest BCUT2D eigenvalue weighted by Crippen LogP contribution is 2.20. The molecule has 144 valence electrons. The lowest BCUT2D eigenvalue weighted by Crippen LogP contribution is -2.17. The van der Waals surface area contributed by atoms with Crippen LogP contribution in [0.15, 0.2) is 84.2 Å². The number of benzene rings is 1. The van der Waals surface area contributed by atoms with E-state index in [4.69, 9.17) is 0 Å². The highest BCUT2D eigenvalue weighted by molar-refractivity contribution is 5.63. The van der Waals surface area contributed by atoms with Gasteiger partial charge in [0.15, 0.2) is 0 Å². The number of nitrogens with one attached hydrogen (secondary N) is 1. The molecule has 29 heavy (non-hydrogen) atoms. The van der Waals surface area contributed by atoms with Gasteiger partial charge in [0.1, 0.15) is 5.82 Å². The van der Waals surface area contributed by atoms with E-state index < -0.39 is 0 Å². The van der Waals surface area contributed by atoms with Gasteiger partial charge in [0.25, 0.3) is 5.56 Å². The van der Waals surface area contributed by atoms with Crippen molar-refractivity contribution in [2.75, 3.05) is 7.05 Å². The first-order valence-corrected chi connectivity index (χ1v) is 9.36. The maximum absolute atomic E-state index is 12.1. The van der Waals surface area contributed by atoms with Gasteiger partial charge in [-0.3, -0.25) is 19.7 Å². The molecule has 1 N–H and O–H groups in total. The summed E-state index contributed by atoms with van der Waals surface area (Å²) in [5, 5.41) is 0. The summed E-state index contributed by atoms with van der Waals surface area (Å²) in [4.78, 5) is 29.9. The Balaban J connectivity index is 1.51. The van der Waals surface area contributed by atoms with Crippen LogP contribution in [0.5, 0.6) is 0 Å². The van der Waals surface area contributed by atoms with Crippen LogP contribution in [0.4, 0.5) is 0 Å². The van der Waals surface area contributed by atoms with E-state index >= 15 is 0 Å². The number of aromatic nitrogens is 4. The minimum absolute atomic E-state index is 0.178. The molecule has 0 amide bonds. The molecule has 6 heteroatoms. The van der Waals surface area contributed by atoms with Gasteiger partial charge in [-0.2, -0.15) is 0 Å². The van der Waals surface area contributed by atoms with Gasteiger partial charge in [0.2, 0.25) is 0 Å². The molecule has 3 heterocycles. The number of aromatic amines is 1. The molecular weight excluding hydrogens is 362 g/mol. The van der Waals surface area contributed by atoms with Crippen LogP contribution in [0.1, 0.15) is 11.1 Å². The van der Waals surface area contributed by atoms with Crippen LogP contribution in [0.2, 0.25) is 0 Å². The van der Waals surface area contributed by atoms with Crippen molar-refractivity contribution in [2.24, 2.45) is 0 Å². The number of hydrogen-bond donors (Lipinski definition) is 1. The lowest BCUT2D eigenvalue weighted by molar-refractivity contribution is 0.319. The first-order valence-electron chi connectivity index (χ1n) is 9.36. The summed E-state index contributed by atoms with van der Waals surface area (Å²) in [5.74, 6) is 0.556. The van der Waals surface area contributed by atoms with Gasteiger partial charge in [0, 0.05) is 55.1 Å². The normalized spacial score (nSPS) is 11.0. The Morgan fingerprint density at radius 1 is 0.793 bits per heavy atom. The standard InChI is InChI=1S/C23H21N5O/c1-28(16-18-6-10-24-11-7-18)15-17-2-4-20(5-3-17)23-26-21(14-22(29)27-23)19-8-12-25-13-9-19/h2-14H,15-16H2,1H3,(H,26,27,29). The Labute approximate surface area is 168 Å². The van der Waals surface area contributed by atoms with Gasteiger partial charge < -0.3 is 4.98 Å². The van der Waals surface area contributed by atoms with Crippen LogP contribution < -0.4 is 5.56 Å². The second-order valence-corrected chi connectivity index (χ2v) is 6.94. The summed E-state index contributed by atoms with van der Waals surface area (Å²) in [6, 6.07) is 17.3. The average Bonchev–Trinajstić information content (AvgIpc) is 2.75. The number of rotatable bonds is 6. The van der Waals surface area contributed by atoms with Gasteiger partial charge in [-0.05, 0) is 42.4 Å². The van der Waals surface area contributed by atoms with E-state index in [9.17, 15) is 4.79 Å². The predicted octanol–water partition coefficient (Wildman–Crippen LogP) is 3.53. The molecule has 0 saturated heterocycles. The SMILES string of the molecule is CN(Cc1ccncc1)Cc1ccc(-c2nc(-c3ccncc3)cc(=O)[nH]2)cc1. The fraction of sp³-hybridized carbons (Fsp3) is 0.130. The Kier molecular flexibility index (Phi) is 5.54. The lowest BCUT2D eigenvalue weighted by atomic mass is 10.1. The number of nitrogens with zero attached hydrogens (tertiary/aromatic N) is 4. The molecule has 0 unspecified atom stereocenters. The Morgan fingerprint density at radius 3 is 2.03 bits per heavy atom. The fourth-order valence-electron chi connectivity index (χ4n) is 3.20. The Hall–Kier alpha value is -3.64. The molecule has 0 saturated carbocycles. The summed E-state index contributed by atoms with van der Waals surface area (Å²) >= 11 is 0. The van der Waals surface area contributed by atoms with E-state index in [-0.39, 0.29) is 5.56 Å². The maximum atomic E-state index is 12.1. The third-order valence-electron chi connectivity index (χ3n) is 4.60. The third kappa shape index (κ3) is 4.80. The van der Waals surface area contributed by atoms with E-state index in [0.29, 0.717) is 11.5 Å². The van der Waals surface area contributed by atoms with Gasteiger partial charge in [-0.25, -0.2) is 4.98 Å². The Bertz CT molecular complexity index is 1130. The van der Waals surface area contributed by atoms with Gasteiger partial charge in [-0.1, -0.05) is 24.3 Å². The zero-order valence-corrected chi connectivity index (χ0v) is 16.1. The topological polar surface area (TPSA) is 74.8 Å². The summed E-state index contributed by atoms with van der Waals surface area (Å²) in [6.45, 7) is 1.68. The molecule has 0 atom stereocenters. The summed E-state index contributed by atoms with van der Waals surface area (Å²) in [6.07, 6.45) is 7.00. The van der Waals surface area contributed by atoms with Crippen LogP contribution in [-0.2, 0) is 13.1 Å². The van der Waals surface area contributed by atoms with Crippen molar-refractivity contribution < 1.29 is 0 Å². The van der Waals surface area contributed by atoms with Gasteiger partial charge in [-0.15, -0.1) is 0 Å². The van der Waals surface area contributed by atoms with E-state index in [2.05, 4.69) is 44.0 Å². The molecule has 0 spiro atoms. The first-order chi connectivity index (χ1) is 14.2.